The highest BCUT2D eigenvalue weighted by Crippen LogP contribution is 2.35. The summed E-state index contributed by atoms with van der Waals surface area (Å²) in [5, 5.41) is 0. The molecule has 0 unspecified atom stereocenters. The van der Waals surface area contributed by atoms with Crippen molar-refractivity contribution >= 4 is 5.95 Å². The maximum absolute atomic E-state index is 5.71. The molecule has 0 radical (unpaired) electrons. The highest BCUT2D eigenvalue weighted by atomic mass is 15.1. The number of nitrogens with two attached hydrogens (primary N) is 1. The lowest BCUT2D eigenvalue weighted by Crippen LogP contribution is -2.22. The van der Waals surface area contributed by atoms with Gasteiger partial charge in [-0.05, 0) is 12.8 Å². The lowest BCUT2D eigenvalue weighted by atomic mass is 9.84. The van der Waals surface area contributed by atoms with E-state index in [1.807, 2.05) is 0 Å². The van der Waals surface area contributed by atoms with Crippen molar-refractivity contribution in [3.05, 3.63) is 11.6 Å². The Balaban J connectivity index is 2.36. The Morgan fingerprint density at radius 2 is 1.80 bits per heavy atom. The first-order valence-corrected chi connectivity index (χ1v) is 5.49. The molecule has 1 aliphatic rings. The molecule has 15 heavy (non-hydrogen) atoms. The number of hydrogen-bond donors (Lipinski definition) is 1. The number of anilines is 1. The summed E-state index contributed by atoms with van der Waals surface area (Å²) >= 11 is 0. The zero-order valence-corrected chi connectivity index (χ0v) is 9.62. The van der Waals surface area contributed by atoms with E-state index in [9.17, 15) is 0 Å². The van der Waals surface area contributed by atoms with Crippen molar-refractivity contribution in [1.82, 2.24) is 15.0 Å². The molecule has 1 aromatic heterocycles. The molecule has 4 heteroatoms. The molecule has 4 nitrogen and oxygen atoms in total. The Morgan fingerprint density at radius 1 is 1.13 bits per heavy atom. The van der Waals surface area contributed by atoms with Crippen LogP contribution in [0.4, 0.5) is 5.95 Å². The third-order valence-corrected chi connectivity index (χ3v) is 2.81. The summed E-state index contributed by atoms with van der Waals surface area (Å²) < 4.78 is 0. The maximum Gasteiger partial charge on any atom is 0.223 e. The summed E-state index contributed by atoms with van der Waals surface area (Å²) in [6.45, 7) is 6.27. The van der Waals surface area contributed by atoms with E-state index in [4.69, 9.17) is 5.73 Å². The number of aromatic nitrogens is 3. The summed E-state index contributed by atoms with van der Waals surface area (Å²) in [5.74, 6) is 2.56. The van der Waals surface area contributed by atoms with E-state index in [-0.39, 0.29) is 5.41 Å². The molecule has 0 atom stereocenters. The average Bonchev–Trinajstić information content (AvgIpc) is 1.97. The summed E-state index contributed by atoms with van der Waals surface area (Å²) in [5.41, 5.74) is 5.65. The predicted octanol–water partition coefficient (Wildman–Crippen LogP) is 2.02. The van der Waals surface area contributed by atoms with Crippen LogP contribution in [-0.2, 0) is 5.41 Å². The third kappa shape index (κ3) is 2.08. The van der Waals surface area contributed by atoms with Crippen LogP contribution in [0.5, 0.6) is 0 Å². The van der Waals surface area contributed by atoms with Gasteiger partial charge in [0.2, 0.25) is 5.95 Å². The van der Waals surface area contributed by atoms with Crippen molar-refractivity contribution in [1.29, 1.82) is 0 Å². The van der Waals surface area contributed by atoms with Crippen molar-refractivity contribution in [3.8, 4) is 0 Å². The largest absolute Gasteiger partial charge is 0.368 e. The van der Waals surface area contributed by atoms with Crippen molar-refractivity contribution in [2.45, 2.75) is 51.4 Å². The Bertz CT molecular complexity index is 363. The average molecular weight is 206 g/mol. The molecule has 2 rings (SSSR count). The van der Waals surface area contributed by atoms with Crippen LogP contribution in [0.3, 0.4) is 0 Å². The van der Waals surface area contributed by atoms with Crippen LogP contribution in [0, 0.1) is 0 Å². The maximum atomic E-state index is 5.71. The van der Waals surface area contributed by atoms with E-state index >= 15 is 0 Å². The molecule has 1 fully saturated rings. The fourth-order valence-electron chi connectivity index (χ4n) is 1.59. The fourth-order valence-corrected chi connectivity index (χ4v) is 1.59. The van der Waals surface area contributed by atoms with Gasteiger partial charge in [-0.3, -0.25) is 0 Å². The van der Waals surface area contributed by atoms with Crippen molar-refractivity contribution < 1.29 is 0 Å². The SMILES string of the molecule is CC(C)(C)c1nc(N)nc(C2CCC2)n1. The second kappa shape index (κ2) is 3.43. The van der Waals surface area contributed by atoms with Crippen LogP contribution in [-0.4, -0.2) is 15.0 Å². The summed E-state index contributed by atoms with van der Waals surface area (Å²) in [6, 6.07) is 0. The second-order valence-corrected chi connectivity index (χ2v) is 5.25. The van der Waals surface area contributed by atoms with Gasteiger partial charge in [-0.15, -0.1) is 0 Å². The van der Waals surface area contributed by atoms with Crippen molar-refractivity contribution in [2.75, 3.05) is 5.73 Å². The van der Waals surface area contributed by atoms with E-state index < -0.39 is 0 Å². The van der Waals surface area contributed by atoms with Gasteiger partial charge in [0.25, 0.3) is 0 Å². The van der Waals surface area contributed by atoms with Crippen LogP contribution < -0.4 is 5.73 Å². The van der Waals surface area contributed by atoms with Crippen LogP contribution in [0.2, 0.25) is 0 Å². The topological polar surface area (TPSA) is 64.7 Å². The van der Waals surface area contributed by atoms with Gasteiger partial charge in [0.1, 0.15) is 11.6 Å². The Hall–Kier alpha value is -1.19. The van der Waals surface area contributed by atoms with Crippen molar-refractivity contribution in [2.24, 2.45) is 0 Å². The van der Waals surface area contributed by atoms with Gasteiger partial charge in [-0.25, -0.2) is 4.98 Å². The molecule has 0 spiro atoms. The minimum atomic E-state index is -0.0600. The number of nitrogen functional groups attached to an aromatic ring is 1. The second-order valence-electron chi connectivity index (χ2n) is 5.25. The summed E-state index contributed by atoms with van der Waals surface area (Å²) in [6.07, 6.45) is 3.65. The highest BCUT2D eigenvalue weighted by Gasteiger charge is 2.26. The fraction of sp³-hybridized carbons (Fsp3) is 0.727. The molecule has 82 valence electrons. The van der Waals surface area contributed by atoms with Crippen LogP contribution in [0.25, 0.3) is 0 Å². The summed E-state index contributed by atoms with van der Waals surface area (Å²) in [4.78, 5) is 13.0. The summed E-state index contributed by atoms with van der Waals surface area (Å²) in [7, 11) is 0. The quantitative estimate of drug-likeness (QED) is 0.763. The minimum Gasteiger partial charge on any atom is -0.368 e. The molecule has 2 N–H and O–H groups in total. The lowest BCUT2D eigenvalue weighted by Gasteiger charge is -2.25. The van der Waals surface area contributed by atoms with E-state index in [0.717, 1.165) is 11.6 Å². The predicted molar refractivity (Wildman–Crippen MR) is 59.5 cm³/mol. The molecule has 1 aromatic rings. The Morgan fingerprint density at radius 3 is 2.27 bits per heavy atom. The molecular weight excluding hydrogens is 188 g/mol. The van der Waals surface area contributed by atoms with Crippen LogP contribution >= 0.6 is 0 Å². The number of rotatable bonds is 1. The first-order chi connectivity index (χ1) is 6.97. The van der Waals surface area contributed by atoms with E-state index in [1.54, 1.807) is 0 Å². The first-order valence-electron chi connectivity index (χ1n) is 5.49. The van der Waals surface area contributed by atoms with Gasteiger partial charge in [-0.1, -0.05) is 27.2 Å². The van der Waals surface area contributed by atoms with Gasteiger partial charge in [-0.2, -0.15) is 9.97 Å². The lowest BCUT2D eigenvalue weighted by molar-refractivity contribution is 0.395. The van der Waals surface area contributed by atoms with E-state index in [0.29, 0.717) is 11.9 Å². The monoisotopic (exact) mass is 206 g/mol. The molecule has 0 saturated heterocycles. The molecule has 0 amide bonds. The smallest absolute Gasteiger partial charge is 0.223 e. The Kier molecular flexibility index (Phi) is 2.37. The molecular formula is C11H18N4. The molecule has 1 saturated carbocycles. The third-order valence-electron chi connectivity index (χ3n) is 2.81. The zero-order valence-electron chi connectivity index (χ0n) is 9.62. The zero-order chi connectivity index (χ0) is 11.1. The van der Waals surface area contributed by atoms with Crippen molar-refractivity contribution in [3.63, 3.8) is 0 Å². The highest BCUT2D eigenvalue weighted by molar-refractivity contribution is 5.21. The van der Waals surface area contributed by atoms with Gasteiger partial charge >= 0.3 is 0 Å². The molecule has 0 aromatic carbocycles. The molecule has 1 aliphatic carbocycles. The molecule has 1 heterocycles. The first kappa shape index (κ1) is 10.3. The molecule has 0 aliphatic heterocycles. The Labute approximate surface area is 90.3 Å². The standard InChI is InChI=1S/C11H18N4/c1-11(2,3)9-13-8(7-5-4-6-7)14-10(12)15-9/h7H,4-6H2,1-3H3,(H2,12,13,14,15). The van der Waals surface area contributed by atoms with Gasteiger partial charge < -0.3 is 5.73 Å². The van der Waals surface area contributed by atoms with E-state index in [2.05, 4.69) is 35.7 Å². The van der Waals surface area contributed by atoms with E-state index in [1.165, 1.54) is 19.3 Å². The van der Waals surface area contributed by atoms with Gasteiger partial charge in [0.15, 0.2) is 0 Å². The number of nitrogens with zero attached hydrogens (tertiary/aromatic N) is 3. The minimum absolute atomic E-state index is 0.0600. The number of hydrogen-bond acceptors (Lipinski definition) is 4. The van der Waals surface area contributed by atoms with Crippen LogP contribution in [0.1, 0.15) is 57.6 Å². The van der Waals surface area contributed by atoms with Gasteiger partial charge in [0.05, 0.1) is 0 Å². The van der Waals surface area contributed by atoms with Gasteiger partial charge in [0, 0.05) is 11.3 Å². The molecule has 0 bridgehead atoms. The normalized spacial score (nSPS) is 17.5. The van der Waals surface area contributed by atoms with Crippen LogP contribution in [0.15, 0.2) is 0 Å².